The van der Waals surface area contributed by atoms with E-state index in [0.717, 1.165) is 17.0 Å². The first kappa shape index (κ1) is 14.9. The number of nitrogens with one attached hydrogen (secondary N) is 1. The maximum Gasteiger partial charge on any atom is 0.291 e. The van der Waals surface area contributed by atoms with Crippen molar-refractivity contribution >= 4 is 11.6 Å². The van der Waals surface area contributed by atoms with Crippen LogP contribution in [0.2, 0.25) is 0 Å². The Hall–Kier alpha value is -3.01. The number of ether oxygens (including phenoxy) is 1. The van der Waals surface area contributed by atoms with E-state index in [0.29, 0.717) is 5.76 Å². The predicted molar refractivity (Wildman–Crippen MR) is 88.6 cm³/mol. The normalized spacial score (nSPS) is 10.3. The lowest BCUT2D eigenvalue weighted by molar-refractivity contribution is 0.0992. The molecule has 1 aromatic heterocycles. The average Bonchev–Trinajstić information content (AvgIpc) is 3.05. The summed E-state index contributed by atoms with van der Waals surface area (Å²) in [5, 5.41) is 2.80. The van der Waals surface area contributed by atoms with Crippen LogP contribution in [-0.4, -0.2) is 5.91 Å². The van der Waals surface area contributed by atoms with Gasteiger partial charge in [-0.05, 0) is 43.3 Å². The lowest BCUT2D eigenvalue weighted by Gasteiger charge is -2.04. The topological polar surface area (TPSA) is 51.5 Å². The van der Waals surface area contributed by atoms with Gasteiger partial charge in [0.25, 0.3) is 5.91 Å². The monoisotopic (exact) mass is 307 g/mol. The fraction of sp³-hybridized carbons (Fsp3) is 0.105. The number of rotatable bonds is 5. The van der Waals surface area contributed by atoms with Crippen molar-refractivity contribution in [2.24, 2.45) is 0 Å². The van der Waals surface area contributed by atoms with E-state index < -0.39 is 0 Å². The van der Waals surface area contributed by atoms with Gasteiger partial charge in [0, 0.05) is 5.69 Å². The van der Waals surface area contributed by atoms with E-state index in [2.05, 4.69) is 5.32 Å². The molecule has 0 aliphatic rings. The van der Waals surface area contributed by atoms with Crippen LogP contribution in [0.25, 0.3) is 0 Å². The SMILES string of the molecule is Cc1ccc(NC(=O)c2ccc(COc3ccccc3)o2)cc1. The largest absolute Gasteiger partial charge is 0.486 e. The Morgan fingerprint density at radius 2 is 1.74 bits per heavy atom. The number of para-hydroxylation sites is 1. The highest BCUT2D eigenvalue weighted by molar-refractivity contribution is 6.02. The molecule has 3 aromatic rings. The van der Waals surface area contributed by atoms with Gasteiger partial charge in [-0.3, -0.25) is 4.79 Å². The number of benzene rings is 2. The number of furan rings is 1. The number of hydrogen-bond acceptors (Lipinski definition) is 3. The van der Waals surface area contributed by atoms with Gasteiger partial charge >= 0.3 is 0 Å². The van der Waals surface area contributed by atoms with Crippen molar-refractivity contribution in [3.8, 4) is 5.75 Å². The standard InChI is InChI=1S/C19H17NO3/c1-14-7-9-15(10-8-14)20-19(21)18-12-11-17(23-18)13-22-16-5-3-2-4-6-16/h2-12H,13H2,1H3,(H,20,21). The molecule has 0 atom stereocenters. The van der Waals surface area contributed by atoms with Gasteiger partial charge in [0.2, 0.25) is 0 Å². The van der Waals surface area contributed by atoms with Crippen molar-refractivity contribution in [3.05, 3.63) is 83.8 Å². The third kappa shape index (κ3) is 4.01. The van der Waals surface area contributed by atoms with Crippen LogP contribution >= 0.6 is 0 Å². The molecule has 0 aliphatic heterocycles. The molecule has 0 aliphatic carbocycles. The fourth-order valence-corrected chi connectivity index (χ4v) is 2.08. The average molecular weight is 307 g/mol. The summed E-state index contributed by atoms with van der Waals surface area (Å²) in [5.41, 5.74) is 1.88. The minimum atomic E-state index is -0.278. The van der Waals surface area contributed by atoms with Crippen LogP contribution in [0.4, 0.5) is 5.69 Å². The first-order valence-electron chi connectivity index (χ1n) is 7.35. The summed E-state index contributed by atoms with van der Waals surface area (Å²) in [6.07, 6.45) is 0. The van der Waals surface area contributed by atoms with Crippen LogP contribution in [0.15, 0.2) is 71.1 Å². The Morgan fingerprint density at radius 3 is 2.48 bits per heavy atom. The van der Waals surface area contributed by atoms with Gasteiger partial charge in [0.1, 0.15) is 18.1 Å². The van der Waals surface area contributed by atoms with Crippen LogP contribution in [0.1, 0.15) is 21.9 Å². The van der Waals surface area contributed by atoms with E-state index in [1.807, 2.05) is 61.5 Å². The van der Waals surface area contributed by atoms with Gasteiger partial charge in [0.05, 0.1) is 0 Å². The van der Waals surface area contributed by atoms with E-state index in [1.54, 1.807) is 12.1 Å². The second kappa shape index (κ2) is 6.83. The lowest BCUT2D eigenvalue weighted by Crippen LogP contribution is -2.10. The zero-order valence-corrected chi connectivity index (χ0v) is 12.8. The van der Waals surface area contributed by atoms with Gasteiger partial charge in [-0.15, -0.1) is 0 Å². The molecule has 0 saturated heterocycles. The second-order valence-corrected chi connectivity index (χ2v) is 5.19. The summed E-state index contributed by atoms with van der Waals surface area (Å²) >= 11 is 0. The molecule has 0 spiro atoms. The second-order valence-electron chi connectivity index (χ2n) is 5.19. The summed E-state index contributed by atoms with van der Waals surface area (Å²) < 4.78 is 11.1. The smallest absolute Gasteiger partial charge is 0.291 e. The number of anilines is 1. The molecule has 1 heterocycles. The minimum Gasteiger partial charge on any atom is -0.486 e. The van der Waals surface area contributed by atoms with E-state index >= 15 is 0 Å². The summed E-state index contributed by atoms with van der Waals surface area (Å²) in [5.74, 6) is 1.34. The molecule has 2 aromatic carbocycles. The highest BCUT2D eigenvalue weighted by atomic mass is 16.5. The van der Waals surface area contributed by atoms with Gasteiger partial charge < -0.3 is 14.5 Å². The molecular formula is C19H17NO3. The molecule has 1 N–H and O–H groups in total. The van der Waals surface area contributed by atoms with E-state index in [4.69, 9.17) is 9.15 Å². The molecule has 116 valence electrons. The number of hydrogen-bond donors (Lipinski definition) is 1. The zero-order valence-electron chi connectivity index (χ0n) is 12.8. The first-order chi connectivity index (χ1) is 11.2. The van der Waals surface area contributed by atoms with Crippen LogP contribution in [-0.2, 0) is 6.61 Å². The number of carbonyl (C=O) groups is 1. The van der Waals surface area contributed by atoms with Crippen LogP contribution < -0.4 is 10.1 Å². The third-order valence-corrected chi connectivity index (χ3v) is 3.32. The first-order valence-corrected chi connectivity index (χ1v) is 7.35. The Kier molecular flexibility index (Phi) is 4.43. The Balaban J connectivity index is 1.59. The number of amides is 1. The molecule has 4 nitrogen and oxygen atoms in total. The van der Waals surface area contributed by atoms with Crippen molar-refractivity contribution < 1.29 is 13.9 Å². The lowest BCUT2D eigenvalue weighted by atomic mass is 10.2. The molecule has 0 unspecified atom stereocenters. The fourth-order valence-electron chi connectivity index (χ4n) is 2.08. The molecule has 0 bridgehead atoms. The minimum absolute atomic E-state index is 0.261. The van der Waals surface area contributed by atoms with Crippen molar-refractivity contribution in [1.82, 2.24) is 0 Å². The van der Waals surface area contributed by atoms with Crippen molar-refractivity contribution in [3.63, 3.8) is 0 Å². The van der Waals surface area contributed by atoms with Gasteiger partial charge in [-0.2, -0.15) is 0 Å². The maximum atomic E-state index is 12.1. The molecule has 1 amide bonds. The number of carbonyl (C=O) groups excluding carboxylic acids is 1. The zero-order chi connectivity index (χ0) is 16.1. The van der Waals surface area contributed by atoms with Crippen molar-refractivity contribution in [1.29, 1.82) is 0 Å². The highest BCUT2D eigenvalue weighted by Gasteiger charge is 2.11. The number of aryl methyl sites for hydroxylation is 1. The van der Waals surface area contributed by atoms with Crippen molar-refractivity contribution in [2.45, 2.75) is 13.5 Å². The molecule has 0 fully saturated rings. The third-order valence-electron chi connectivity index (χ3n) is 3.32. The van der Waals surface area contributed by atoms with Gasteiger partial charge in [-0.25, -0.2) is 0 Å². The van der Waals surface area contributed by atoms with Crippen molar-refractivity contribution in [2.75, 3.05) is 5.32 Å². The Bertz CT molecular complexity index is 776. The summed E-state index contributed by atoms with van der Waals surface area (Å²) in [4.78, 5) is 12.1. The van der Waals surface area contributed by atoms with Crippen LogP contribution in [0.5, 0.6) is 5.75 Å². The highest BCUT2D eigenvalue weighted by Crippen LogP contribution is 2.15. The quantitative estimate of drug-likeness (QED) is 0.759. The van der Waals surface area contributed by atoms with E-state index in [1.165, 1.54) is 0 Å². The summed E-state index contributed by atoms with van der Waals surface area (Å²) in [7, 11) is 0. The Morgan fingerprint density at radius 1 is 1.00 bits per heavy atom. The van der Waals surface area contributed by atoms with Gasteiger partial charge in [0.15, 0.2) is 5.76 Å². The maximum absolute atomic E-state index is 12.1. The molecule has 4 heteroatoms. The predicted octanol–water partition coefficient (Wildman–Crippen LogP) is 4.42. The molecule has 23 heavy (non-hydrogen) atoms. The Labute approximate surface area is 134 Å². The molecule has 0 saturated carbocycles. The molecular weight excluding hydrogens is 290 g/mol. The van der Waals surface area contributed by atoms with Gasteiger partial charge in [-0.1, -0.05) is 35.9 Å². The van der Waals surface area contributed by atoms with E-state index in [9.17, 15) is 4.79 Å². The van der Waals surface area contributed by atoms with E-state index in [-0.39, 0.29) is 18.3 Å². The molecule has 3 rings (SSSR count). The van der Waals surface area contributed by atoms with Crippen LogP contribution in [0.3, 0.4) is 0 Å². The molecule has 0 radical (unpaired) electrons. The summed E-state index contributed by atoms with van der Waals surface area (Å²) in [6, 6.07) is 20.4. The summed E-state index contributed by atoms with van der Waals surface area (Å²) in [6.45, 7) is 2.28. The van der Waals surface area contributed by atoms with Crippen LogP contribution in [0, 0.1) is 6.92 Å².